The zero-order chi connectivity index (χ0) is 19.7. The van der Waals surface area contributed by atoms with E-state index in [0.29, 0.717) is 5.11 Å². The monoisotopic (exact) mass is 411 g/mol. The van der Waals surface area contributed by atoms with Gasteiger partial charge in [-0.1, -0.05) is 6.07 Å². The second kappa shape index (κ2) is 7.77. The van der Waals surface area contributed by atoms with Gasteiger partial charge >= 0.3 is 0 Å². The smallest absolute Gasteiger partial charge is 0.174 e. The summed E-state index contributed by atoms with van der Waals surface area (Å²) in [5.74, 6) is 1.49. The SMILES string of the molecule is COc1ccc(OC)c(N2C(=S)N[C@@H](c3ccccn3)[C@H]2c2ccc(C)s2)c1. The summed E-state index contributed by atoms with van der Waals surface area (Å²) in [5.41, 5.74) is 1.82. The molecule has 1 aromatic carbocycles. The van der Waals surface area contributed by atoms with Crippen LogP contribution >= 0.6 is 23.6 Å². The fourth-order valence-corrected chi connectivity index (χ4v) is 4.85. The topological polar surface area (TPSA) is 46.6 Å². The Kier molecular flexibility index (Phi) is 5.19. The number of aromatic nitrogens is 1. The van der Waals surface area contributed by atoms with Crippen LogP contribution in [-0.2, 0) is 0 Å². The first-order valence-electron chi connectivity index (χ1n) is 8.91. The number of nitrogens with zero attached hydrogens (tertiary/aromatic N) is 2. The summed E-state index contributed by atoms with van der Waals surface area (Å²) >= 11 is 7.53. The Bertz CT molecular complexity index is 990. The highest BCUT2D eigenvalue weighted by molar-refractivity contribution is 7.80. The third-order valence-corrected chi connectivity index (χ3v) is 6.18. The van der Waals surface area contributed by atoms with Crippen molar-refractivity contribution in [1.82, 2.24) is 10.3 Å². The summed E-state index contributed by atoms with van der Waals surface area (Å²) in [6.45, 7) is 2.11. The minimum atomic E-state index is -0.0670. The molecular formula is C21H21N3O2S2. The van der Waals surface area contributed by atoms with Crippen LogP contribution < -0.4 is 19.7 Å². The summed E-state index contributed by atoms with van der Waals surface area (Å²) in [4.78, 5) is 9.16. The number of hydrogen-bond acceptors (Lipinski definition) is 5. The first-order valence-corrected chi connectivity index (χ1v) is 10.1. The Morgan fingerprint density at radius 3 is 2.61 bits per heavy atom. The molecule has 0 saturated carbocycles. The minimum absolute atomic E-state index is 0.0397. The van der Waals surface area contributed by atoms with Gasteiger partial charge in [0, 0.05) is 22.0 Å². The second-order valence-corrected chi connectivity index (χ2v) is 8.19. The van der Waals surface area contributed by atoms with E-state index in [4.69, 9.17) is 21.7 Å². The van der Waals surface area contributed by atoms with E-state index in [-0.39, 0.29) is 12.1 Å². The van der Waals surface area contributed by atoms with Gasteiger partial charge in [0.05, 0.1) is 37.7 Å². The van der Waals surface area contributed by atoms with E-state index in [1.54, 1.807) is 25.6 Å². The third-order valence-electron chi connectivity index (χ3n) is 4.80. The standard InChI is InChI=1S/C21H21N3O2S2/c1-13-7-10-18(28-13)20-19(15-6-4-5-11-22-15)23-21(27)24(20)16-12-14(25-2)8-9-17(16)26-3/h4-12,19-20H,1-3H3,(H,23,27)/t19-,20+/m0/s1. The maximum Gasteiger partial charge on any atom is 0.174 e. The molecule has 1 fully saturated rings. The number of hydrogen-bond donors (Lipinski definition) is 1. The molecule has 1 aliphatic heterocycles. The maximum atomic E-state index is 5.77. The van der Waals surface area contributed by atoms with Crippen LogP contribution in [0.25, 0.3) is 0 Å². The molecule has 1 aliphatic rings. The molecule has 4 rings (SSSR count). The summed E-state index contributed by atoms with van der Waals surface area (Å²) in [6.07, 6.45) is 1.81. The molecule has 0 spiro atoms. The summed E-state index contributed by atoms with van der Waals surface area (Å²) < 4.78 is 11.1. The summed E-state index contributed by atoms with van der Waals surface area (Å²) in [6, 6.07) is 15.9. The number of pyridine rings is 1. The largest absolute Gasteiger partial charge is 0.497 e. The molecule has 0 radical (unpaired) electrons. The van der Waals surface area contributed by atoms with Crippen molar-refractivity contribution >= 4 is 34.4 Å². The molecule has 1 N–H and O–H groups in total. The first-order chi connectivity index (χ1) is 13.6. The van der Waals surface area contributed by atoms with Crippen LogP contribution in [0.3, 0.4) is 0 Å². The molecule has 2 atom stereocenters. The fraction of sp³-hybridized carbons (Fsp3) is 0.238. The Morgan fingerprint density at radius 2 is 1.96 bits per heavy atom. The quantitative estimate of drug-likeness (QED) is 0.617. The Hall–Kier alpha value is -2.64. The molecule has 1 saturated heterocycles. The van der Waals surface area contributed by atoms with Gasteiger partial charge in [0.25, 0.3) is 0 Å². The number of methoxy groups -OCH3 is 2. The van der Waals surface area contributed by atoms with Crippen molar-refractivity contribution < 1.29 is 9.47 Å². The molecule has 0 unspecified atom stereocenters. The predicted molar refractivity (Wildman–Crippen MR) is 117 cm³/mol. The molecule has 0 amide bonds. The van der Waals surface area contributed by atoms with Gasteiger partial charge in [0.2, 0.25) is 0 Å². The van der Waals surface area contributed by atoms with Gasteiger partial charge in [0.15, 0.2) is 5.11 Å². The van der Waals surface area contributed by atoms with Crippen molar-refractivity contribution in [3.8, 4) is 11.5 Å². The molecule has 144 valence electrons. The van der Waals surface area contributed by atoms with Crippen LogP contribution in [0.15, 0.2) is 54.7 Å². The van der Waals surface area contributed by atoms with E-state index in [9.17, 15) is 0 Å². The lowest BCUT2D eigenvalue weighted by molar-refractivity contribution is 0.403. The van der Waals surface area contributed by atoms with Gasteiger partial charge in [-0.05, 0) is 55.5 Å². The van der Waals surface area contributed by atoms with Crippen molar-refractivity contribution in [2.45, 2.75) is 19.0 Å². The van der Waals surface area contributed by atoms with Gasteiger partial charge in [0.1, 0.15) is 11.5 Å². The number of benzene rings is 1. The lowest BCUT2D eigenvalue weighted by Gasteiger charge is -2.28. The molecule has 2 aromatic heterocycles. The van der Waals surface area contributed by atoms with Crippen molar-refractivity contribution in [1.29, 1.82) is 0 Å². The highest BCUT2D eigenvalue weighted by Gasteiger charge is 2.42. The van der Waals surface area contributed by atoms with Crippen molar-refractivity contribution in [3.05, 3.63) is 70.2 Å². The molecule has 5 nitrogen and oxygen atoms in total. The lowest BCUT2D eigenvalue weighted by atomic mass is 10.0. The number of nitrogens with one attached hydrogen (secondary N) is 1. The van der Waals surface area contributed by atoms with E-state index in [0.717, 1.165) is 22.9 Å². The van der Waals surface area contributed by atoms with Crippen LogP contribution in [0.5, 0.6) is 11.5 Å². The Labute approximate surface area is 173 Å². The molecule has 3 aromatic rings. The van der Waals surface area contributed by atoms with Gasteiger partial charge in [-0.15, -0.1) is 11.3 Å². The highest BCUT2D eigenvalue weighted by atomic mass is 32.1. The van der Waals surface area contributed by atoms with Gasteiger partial charge in [-0.2, -0.15) is 0 Å². The Balaban J connectivity index is 1.87. The van der Waals surface area contributed by atoms with E-state index < -0.39 is 0 Å². The van der Waals surface area contributed by atoms with Gasteiger partial charge < -0.3 is 19.7 Å². The van der Waals surface area contributed by atoms with Crippen LogP contribution in [-0.4, -0.2) is 24.3 Å². The molecular weight excluding hydrogens is 390 g/mol. The lowest BCUT2D eigenvalue weighted by Crippen LogP contribution is -2.29. The van der Waals surface area contributed by atoms with Crippen LogP contribution in [0.1, 0.15) is 27.5 Å². The molecule has 7 heteroatoms. The number of ether oxygens (including phenoxy) is 2. The molecule has 28 heavy (non-hydrogen) atoms. The average molecular weight is 412 g/mol. The predicted octanol–water partition coefficient (Wildman–Crippen LogP) is 4.65. The van der Waals surface area contributed by atoms with Crippen molar-refractivity contribution in [3.63, 3.8) is 0 Å². The van der Waals surface area contributed by atoms with Crippen molar-refractivity contribution in [2.24, 2.45) is 0 Å². The number of thiocarbonyl (C=S) groups is 1. The number of aryl methyl sites for hydroxylation is 1. The van der Waals surface area contributed by atoms with Crippen molar-refractivity contribution in [2.75, 3.05) is 19.1 Å². The van der Waals surface area contributed by atoms with E-state index in [2.05, 4.69) is 34.3 Å². The molecule has 0 bridgehead atoms. The Morgan fingerprint density at radius 1 is 1.11 bits per heavy atom. The fourth-order valence-electron chi connectivity index (χ4n) is 3.50. The minimum Gasteiger partial charge on any atom is -0.497 e. The van der Waals surface area contributed by atoms with E-state index in [1.807, 2.05) is 42.6 Å². The van der Waals surface area contributed by atoms with Gasteiger partial charge in [-0.25, -0.2) is 0 Å². The molecule has 0 aliphatic carbocycles. The third kappa shape index (κ3) is 3.31. The summed E-state index contributed by atoms with van der Waals surface area (Å²) in [7, 11) is 3.32. The van der Waals surface area contributed by atoms with Crippen LogP contribution in [0, 0.1) is 6.92 Å². The van der Waals surface area contributed by atoms with Crippen LogP contribution in [0.2, 0.25) is 0 Å². The number of thiophene rings is 1. The zero-order valence-corrected chi connectivity index (χ0v) is 17.5. The highest BCUT2D eigenvalue weighted by Crippen LogP contribution is 2.46. The van der Waals surface area contributed by atoms with Crippen LogP contribution in [0.4, 0.5) is 5.69 Å². The summed E-state index contributed by atoms with van der Waals surface area (Å²) in [5, 5.41) is 4.11. The average Bonchev–Trinajstić information content (AvgIpc) is 3.30. The second-order valence-electron chi connectivity index (χ2n) is 6.48. The van der Waals surface area contributed by atoms with E-state index in [1.165, 1.54) is 9.75 Å². The van der Waals surface area contributed by atoms with E-state index >= 15 is 0 Å². The number of rotatable bonds is 5. The van der Waals surface area contributed by atoms with Gasteiger partial charge in [-0.3, -0.25) is 4.98 Å². The molecule has 3 heterocycles. The zero-order valence-electron chi connectivity index (χ0n) is 15.9. The maximum absolute atomic E-state index is 5.77. The number of anilines is 1. The normalized spacial score (nSPS) is 18.8. The first kappa shape index (κ1) is 18.7.